The van der Waals surface area contributed by atoms with Gasteiger partial charge in [-0.2, -0.15) is 0 Å². The van der Waals surface area contributed by atoms with Gasteiger partial charge in [-0.05, 0) is 120 Å². The van der Waals surface area contributed by atoms with E-state index in [0.717, 1.165) is 10.9 Å². The van der Waals surface area contributed by atoms with Crippen molar-refractivity contribution in [3.63, 3.8) is 0 Å². The first kappa shape index (κ1) is 72.2. The molecule has 0 radical (unpaired) electrons. The molecule has 11 N–H and O–H groups in total. The summed E-state index contributed by atoms with van der Waals surface area (Å²) in [7, 11) is 0. The maximum absolute atomic E-state index is 14.9. The van der Waals surface area contributed by atoms with Crippen molar-refractivity contribution in [3.8, 4) is 5.75 Å². The summed E-state index contributed by atoms with van der Waals surface area (Å²) in [5.41, 5.74) is 12.2. The van der Waals surface area contributed by atoms with Crippen LogP contribution in [0.2, 0.25) is 0 Å². The monoisotopic (exact) mass is 1240 g/mol. The fraction of sp³-hybridized carbons (Fsp3) is 0.597. The fourth-order valence-electron chi connectivity index (χ4n) is 11.8. The van der Waals surface area contributed by atoms with E-state index in [4.69, 9.17) is 16.2 Å². The number of ether oxygens (including phenoxy) is 1. The van der Waals surface area contributed by atoms with E-state index in [9.17, 15) is 63.0 Å². The molecular formula is C67H96N8O14. The van der Waals surface area contributed by atoms with Crippen LogP contribution in [-0.4, -0.2) is 140 Å². The normalized spacial score (nSPS) is 17.5. The van der Waals surface area contributed by atoms with Gasteiger partial charge in [0.2, 0.25) is 29.5 Å². The second kappa shape index (κ2) is 34.4. The van der Waals surface area contributed by atoms with Gasteiger partial charge < -0.3 is 57.6 Å². The molecule has 1 saturated heterocycles. The van der Waals surface area contributed by atoms with Crippen molar-refractivity contribution in [2.75, 3.05) is 26.3 Å². The zero-order chi connectivity index (χ0) is 65.7. The molecule has 5 rings (SSSR count). The molecule has 1 aliphatic carbocycles. The first-order valence-corrected chi connectivity index (χ1v) is 31.4. The number of aromatic amines is 1. The topological polar surface area (TPSA) is 357 Å². The molecule has 1 saturated carbocycles. The molecule has 22 nitrogen and oxygen atoms in total. The summed E-state index contributed by atoms with van der Waals surface area (Å²) in [4.78, 5) is 158. The lowest BCUT2D eigenvalue weighted by Gasteiger charge is -2.30. The number of nitrogens with zero attached hydrogens (tertiary/aromatic N) is 1. The number of Topliss-reactive ketones (excluding diaryl/α,β-unsaturated/α-hetero) is 6. The summed E-state index contributed by atoms with van der Waals surface area (Å²) in [6.45, 7) is 15.9. The van der Waals surface area contributed by atoms with E-state index in [-0.39, 0.29) is 131 Å². The smallest absolute Gasteiger partial charge is 0.226 e. The Morgan fingerprint density at radius 3 is 1.96 bits per heavy atom. The number of amides is 5. The summed E-state index contributed by atoms with van der Waals surface area (Å²) in [5, 5.41) is 33.1. The molecule has 0 spiro atoms. The highest BCUT2D eigenvalue weighted by Gasteiger charge is 2.40. The molecular weight excluding hydrogens is 1140 g/mol. The summed E-state index contributed by atoms with van der Waals surface area (Å²) >= 11 is 0. The number of aliphatic hydroxyl groups is 1. The first-order chi connectivity index (χ1) is 42.0. The Morgan fingerprint density at radius 1 is 0.742 bits per heavy atom. The second-order valence-corrected chi connectivity index (χ2v) is 26.1. The van der Waals surface area contributed by atoms with Gasteiger partial charge in [-0.3, -0.25) is 52.7 Å². The molecule has 22 heteroatoms. The number of nitrogens with two attached hydrogens (primary N) is 2. The van der Waals surface area contributed by atoms with E-state index in [1.165, 1.54) is 17.0 Å². The van der Waals surface area contributed by atoms with Crippen molar-refractivity contribution in [3.05, 3.63) is 78.3 Å². The molecule has 488 valence electrons. The van der Waals surface area contributed by atoms with Crippen molar-refractivity contribution in [1.82, 2.24) is 31.2 Å². The van der Waals surface area contributed by atoms with Gasteiger partial charge in [-0.1, -0.05) is 64.6 Å². The number of ketones is 6. The SMILES string of the molecule is C=C(N)NCCCC(CC(=O)C(CC(=O)C(COC(C)(C)C)NC(=O)C(CC(=O)C(CO)NC(=O)C(CC(=O)C(CC(C)C)NC(=O)C1CCC(=O)C1)Cc1c[nH]c2ccccc12)Cc1ccc(O)cc1)CC(C)C)C(=O)N1CCCC1C(=O)CCC(N)=O. The summed E-state index contributed by atoms with van der Waals surface area (Å²) in [6, 6.07) is 8.58. The number of hydrogen-bond acceptors (Lipinski definition) is 16. The van der Waals surface area contributed by atoms with Crippen LogP contribution in [0, 0.1) is 41.4 Å². The minimum atomic E-state index is -1.58. The van der Waals surface area contributed by atoms with Crippen LogP contribution in [0.4, 0.5) is 0 Å². The van der Waals surface area contributed by atoms with E-state index < -0.39 is 119 Å². The lowest BCUT2D eigenvalue weighted by Crippen LogP contribution is -2.51. The number of aromatic nitrogens is 1. The summed E-state index contributed by atoms with van der Waals surface area (Å²) in [6.07, 6.45) is 2.52. The average molecular weight is 1240 g/mol. The number of carbonyl (C=O) groups excluding carboxylic acids is 11. The Morgan fingerprint density at radius 2 is 1.35 bits per heavy atom. The highest BCUT2D eigenvalue weighted by Crippen LogP contribution is 2.30. The van der Waals surface area contributed by atoms with Crippen LogP contribution in [0.5, 0.6) is 5.75 Å². The minimum Gasteiger partial charge on any atom is -0.508 e. The average Bonchev–Trinajstić information content (AvgIpc) is 2.12. The molecule has 2 aliphatic rings. The molecule has 9 atom stereocenters. The van der Waals surface area contributed by atoms with Crippen LogP contribution < -0.4 is 32.7 Å². The number of nitrogens with one attached hydrogen (secondary N) is 5. The summed E-state index contributed by atoms with van der Waals surface area (Å²) < 4.78 is 6.12. The highest BCUT2D eigenvalue weighted by atomic mass is 16.5. The number of para-hydroxylation sites is 1. The Balaban J connectivity index is 1.41. The number of phenols is 1. The Hall–Kier alpha value is -7.59. The number of hydrogen-bond donors (Lipinski definition) is 9. The van der Waals surface area contributed by atoms with Crippen LogP contribution >= 0.6 is 0 Å². The van der Waals surface area contributed by atoms with Crippen LogP contribution in [0.3, 0.4) is 0 Å². The van der Waals surface area contributed by atoms with Gasteiger partial charge >= 0.3 is 0 Å². The van der Waals surface area contributed by atoms with Gasteiger partial charge in [0.25, 0.3) is 0 Å². The van der Waals surface area contributed by atoms with Crippen LogP contribution in [0.25, 0.3) is 10.9 Å². The second-order valence-electron chi connectivity index (χ2n) is 26.1. The van der Waals surface area contributed by atoms with Crippen molar-refractivity contribution < 1.29 is 67.7 Å². The Bertz CT molecular complexity index is 2980. The molecule has 5 amide bonds. The predicted molar refractivity (Wildman–Crippen MR) is 335 cm³/mol. The largest absolute Gasteiger partial charge is 0.508 e. The van der Waals surface area contributed by atoms with Gasteiger partial charge in [0.15, 0.2) is 23.1 Å². The molecule has 0 bridgehead atoms. The van der Waals surface area contributed by atoms with E-state index in [1.807, 2.05) is 52.0 Å². The van der Waals surface area contributed by atoms with Gasteiger partial charge in [0.1, 0.15) is 29.4 Å². The van der Waals surface area contributed by atoms with E-state index in [2.05, 4.69) is 32.8 Å². The minimum absolute atomic E-state index is 0.0133. The van der Waals surface area contributed by atoms with E-state index in [1.54, 1.807) is 39.1 Å². The number of aliphatic hydroxyl groups excluding tert-OH is 1. The van der Waals surface area contributed by atoms with Crippen molar-refractivity contribution >= 4 is 75.1 Å². The van der Waals surface area contributed by atoms with Gasteiger partial charge in [-0.25, -0.2) is 0 Å². The number of aromatic hydroxyl groups is 1. The van der Waals surface area contributed by atoms with Crippen molar-refractivity contribution in [1.29, 1.82) is 0 Å². The number of benzene rings is 2. The molecule has 3 aromatic rings. The van der Waals surface area contributed by atoms with E-state index in [0.29, 0.717) is 43.4 Å². The number of H-pyrrole nitrogens is 1. The zero-order valence-electron chi connectivity index (χ0n) is 53.0. The number of likely N-dealkylation sites (tertiary alicyclic amines) is 1. The number of fused-ring (bicyclic) bond motifs is 1. The van der Waals surface area contributed by atoms with Gasteiger partial charge in [0, 0.05) is 111 Å². The van der Waals surface area contributed by atoms with Crippen LogP contribution in [0.1, 0.15) is 156 Å². The predicted octanol–water partition coefficient (Wildman–Crippen LogP) is 5.31. The molecule has 2 aromatic carbocycles. The highest BCUT2D eigenvalue weighted by molar-refractivity contribution is 5.99. The third-order valence-electron chi connectivity index (χ3n) is 16.6. The Labute approximate surface area is 522 Å². The quantitative estimate of drug-likeness (QED) is 0.0327. The van der Waals surface area contributed by atoms with Gasteiger partial charge in [-0.15, -0.1) is 0 Å². The maximum atomic E-state index is 14.9. The molecule has 1 aliphatic heterocycles. The fourth-order valence-corrected chi connectivity index (χ4v) is 11.8. The number of carbonyl (C=O) groups is 11. The maximum Gasteiger partial charge on any atom is 0.226 e. The molecule has 89 heavy (non-hydrogen) atoms. The number of rotatable bonds is 39. The Kier molecular flexibility index (Phi) is 27.9. The molecule has 2 heterocycles. The molecule has 2 fully saturated rings. The van der Waals surface area contributed by atoms with Crippen molar-refractivity contribution in [2.45, 2.75) is 187 Å². The standard InChI is InChI=1S/C67H96N8O14/c1-39(2)27-45(58(80)32-44(13-11-25-70-41(5)68)66(88)75-26-12-16-56(75)57(79)23-24-62(69)84)33-61(83)55(38-89-67(6,7)8)74-64(86)46(29-42-17-20-49(77)21-18-42)34-60(82)54(37-76)73-65(87)47(30-48-36-71-52-15-10-9-14-51(48)52)35-59(81)53(28-40(3)4)72-63(85)43-19-22-50(78)31-43/h9-10,14-15,17-18,20-21,36,39-40,43-47,53-56,70-71,76-77H,5,11-13,16,19,22-35,37-38,68H2,1-4,6-8H3,(H2,69,84)(H,72,85)(H,73,87)(H,74,86). The molecule has 1 aromatic heterocycles. The van der Waals surface area contributed by atoms with E-state index >= 15 is 0 Å². The first-order valence-electron chi connectivity index (χ1n) is 31.4. The van der Waals surface area contributed by atoms with Crippen molar-refractivity contribution in [2.24, 2.45) is 52.9 Å². The third kappa shape index (κ3) is 23.4. The lowest BCUT2D eigenvalue weighted by atomic mass is 9.82. The zero-order valence-corrected chi connectivity index (χ0v) is 53.0. The number of primary amides is 1. The van der Waals surface area contributed by atoms with Crippen LogP contribution in [0.15, 0.2) is 67.1 Å². The summed E-state index contributed by atoms with van der Waals surface area (Å²) in [5.74, 6) is -10.2. The third-order valence-corrected chi connectivity index (χ3v) is 16.6. The molecule has 9 unspecified atom stereocenters. The number of phenolic OH excluding ortho intramolecular Hbond substituents is 1. The van der Waals surface area contributed by atoms with Crippen LogP contribution in [-0.2, 0) is 70.3 Å². The lowest BCUT2D eigenvalue weighted by molar-refractivity contribution is -0.143. The van der Waals surface area contributed by atoms with Gasteiger partial charge in [0.05, 0.1) is 36.7 Å².